The molecule has 2 aromatic heterocycles. The summed E-state index contributed by atoms with van der Waals surface area (Å²) >= 11 is 1.24. The quantitative estimate of drug-likeness (QED) is 0.456. The summed E-state index contributed by atoms with van der Waals surface area (Å²) in [4.78, 5) is 12.3. The lowest BCUT2D eigenvalue weighted by atomic mass is 10.2. The van der Waals surface area contributed by atoms with Crippen LogP contribution in [0.1, 0.15) is 18.6 Å². The molecule has 3 heterocycles. The number of tetrazole rings is 1. The Hall–Kier alpha value is -3.42. The van der Waals surface area contributed by atoms with Gasteiger partial charge in [-0.2, -0.15) is 9.94 Å². The molecule has 1 atom stereocenters. The summed E-state index contributed by atoms with van der Waals surface area (Å²) in [5.41, 5.74) is 0.791. The average Bonchev–Trinajstić information content (AvgIpc) is 3.54. The van der Waals surface area contributed by atoms with Crippen molar-refractivity contribution in [3.8, 4) is 11.8 Å². The minimum Gasteiger partial charge on any atom is -0.450 e. The minimum absolute atomic E-state index is 0.0103. The number of aromatic nitrogens is 4. The number of hydrogen-bond acceptors (Lipinski definition) is 8. The van der Waals surface area contributed by atoms with Crippen LogP contribution in [-0.2, 0) is 9.53 Å². The number of nitrogens with one attached hydrogen (secondary N) is 1. The van der Waals surface area contributed by atoms with E-state index >= 15 is 0 Å². The highest BCUT2D eigenvalue weighted by Gasteiger charge is 2.18. The number of ether oxygens (including phenoxy) is 1. The molecule has 0 spiro atoms. The Kier molecular flexibility index (Phi) is 6.22. The van der Waals surface area contributed by atoms with Crippen molar-refractivity contribution in [3.05, 3.63) is 53.8 Å². The maximum absolute atomic E-state index is 12.3. The van der Waals surface area contributed by atoms with E-state index in [4.69, 9.17) is 9.15 Å². The van der Waals surface area contributed by atoms with Crippen LogP contribution in [-0.4, -0.2) is 45.4 Å². The lowest BCUT2D eigenvalue weighted by Crippen LogP contribution is -2.32. The number of carbonyl (C=O) groups is 1. The Morgan fingerprint density at radius 2 is 2.20 bits per heavy atom. The van der Waals surface area contributed by atoms with Gasteiger partial charge in [-0.15, -0.1) is 5.10 Å². The van der Waals surface area contributed by atoms with Gasteiger partial charge in [0, 0.05) is 19.2 Å². The summed E-state index contributed by atoms with van der Waals surface area (Å²) in [6, 6.07) is 14.8. The minimum atomic E-state index is -0.452. The normalized spacial score (nSPS) is 16.4. The van der Waals surface area contributed by atoms with Crippen molar-refractivity contribution in [2.75, 3.05) is 13.2 Å². The van der Waals surface area contributed by atoms with Gasteiger partial charge < -0.3 is 14.5 Å². The topological polar surface area (TPSA) is 119 Å². The number of hydrogen-bond donors (Lipinski definition) is 1. The molecule has 1 fully saturated rings. The van der Waals surface area contributed by atoms with Crippen LogP contribution in [0.4, 0.5) is 0 Å². The highest BCUT2D eigenvalue weighted by atomic mass is 32.2. The average molecular weight is 422 g/mol. The first-order chi connectivity index (χ1) is 14.7. The van der Waals surface area contributed by atoms with Crippen LogP contribution in [0.3, 0.4) is 0 Å². The number of para-hydroxylation sites is 1. The lowest BCUT2D eigenvalue weighted by Gasteiger charge is -2.09. The van der Waals surface area contributed by atoms with E-state index in [2.05, 4.69) is 20.8 Å². The van der Waals surface area contributed by atoms with E-state index in [9.17, 15) is 10.1 Å². The number of carbonyl (C=O) groups excluding carboxylic acids is 1. The van der Waals surface area contributed by atoms with E-state index in [-0.39, 0.29) is 11.7 Å². The van der Waals surface area contributed by atoms with Crippen molar-refractivity contribution in [1.29, 1.82) is 5.26 Å². The highest BCUT2D eigenvalue weighted by Crippen LogP contribution is 2.29. The van der Waals surface area contributed by atoms with Gasteiger partial charge in [0.15, 0.2) is 5.09 Å². The van der Waals surface area contributed by atoms with Gasteiger partial charge in [-0.25, -0.2) is 0 Å². The third-order valence-electron chi connectivity index (χ3n) is 4.40. The van der Waals surface area contributed by atoms with Crippen LogP contribution in [0.5, 0.6) is 0 Å². The van der Waals surface area contributed by atoms with Crippen molar-refractivity contribution in [2.24, 2.45) is 0 Å². The summed E-state index contributed by atoms with van der Waals surface area (Å²) < 4.78 is 12.8. The lowest BCUT2D eigenvalue weighted by molar-refractivity contribution is -0.117. The van der Waals surface area contributed by atoms with Gasteiger partial charge >= 0.3 is 0 Å². The highest BCUT2D eigenvalue weighted by molar-refractivity contribution is 7.99. The summed E-state index contributed by atoms with van der Waals surface area (Å²) in [6.45, 7) is 1.10. The molecule has 10 heteroatoms. The van der Waals surface area contributed by atoms with Crippen LogP contribution >= 0.6 is 11.8 Å². The molecular formula is C20H18N6O3S. The number of amides is 1. The zero-order valence-corrected chi connectivity index (χ0v) is 16.7. The Morgan fingerprint density at radius 1 is 1.33 bits per heavy atom. The van der Waals surface area contributed by atoms with Crippen LogP contribution in [0.15, 0.2) is 62.7 Å². The first-order valence-corrected chi connectivity index (χ1v) is 10.2. The Labute approximate surface area is 176 Å². The maximum atomic E-state index is 12.3. The molecule has 1 saturated heterocycles. The molecule has 1 aliphatic heterocycles. The van der Waals surface area contributed by atoms with E-state index in [0.717, 1.165) is 18.5 Å². The largest absolute Gasteiger partial charge is 0.450 e. The molecule has 3 aromatic rings. The molecule has 4 rings (SSSR count). The Morgan fingerprint density at radius 3 is 2.97 bits per heavy atom. The predicted octanol–water partition coefficient (Wildman–Crippen LogP) is 2.61. The van der Waals surface area contributed by atoms with Gasteiger partial charge in [-0.05, 0) is 59.3 Å². The second-order valence-electron chi connectivity index (χ2n) is 6.48. The predicted molar refractivity (Wildman–Crippen MR) is 108 cm³/mol. The number of rotatable bonds is 7. The number of benzene rings is 1. The molecule has 0 bridgehead atoms. The number of nitrogens with zero attached hydrogens (tertiary/aromatic N) is 5. The van der Waals surface area contributed by atoms with Crippen molar-refractivity contribution in [1.82, 2.24) is 25.5 Å². The standard InChI is InChI=1S/C20H18N6O3S/c21-12-14(19(27)22-13-17-7-4-10-28-17)11-16-8-9-18(29-16)30-20-23-24-25-26(20)15-5-2-1-3-6-15/h1-3,5-6,8-9,11,17H,4,7,10,13H2,(H,22,27). The van der Waals surface area contributed by atoms with E-state index in [1.165, 1.54) is 17.8 Å². The van der Waals surface area contributed by atoms with E-state index in [1.807, 2.05) is 36.4 Å². The second kappa shape index (κ2) is 9.39. The fourth-order valence-electron chi connectivity index (χ4n) is 2.93. The van der Waals surface area contributed by atoms with E-state index in [0.29, 0.717) is 29.2 Å². The van der Waals surface area contributed by atoms with E-state index in [1.54, 1.807) is 16.8 Å². The van der Waals surface area contributed by atoms with Gasteiger partial charge in [0.25, 0.3) is 5.91 Å². The van der Waals surface area contributed by atoms with Crippen molar-refractivity contribution in [3.63, 3.8) is 0 Å². The molecule has 1 amide bonds. The molecule has 1 N–H and O–H groups in total. The van der Waals surface area contributed by atoms with Gasteiger partial charge in [0.05, 0.1) is 11.8 Å². The summed E-state index contributed by atoms with van der Waals surface area (Å²) in [5.74, 6) is -0.0633. The molecular weight excluding hydrogens is 404 g/mol. The first kappa shape index (κ1) is 19.9. The van der Waals surface area contributed by atoms with Crippen LogP contribution < -0.4 is 5.32 Å². The molecule has 1 unspecified atom stereocenters. The van der Waals surface area contributed by atoms with Crippen LogP contribution in [0, 0.1) is 11.3 Å². The van der Waals surface area contributed by atoms with Gasteiger partial charge in [0.1, 0.15) is 17.4 Å². The molecule has 0 saturated carbocycles. The van der Waals surface area contributed by atoms with Crippen LogP contribution in [0.2, 0.25) is 0 Å². The maximum Gasteiger partial charge on any atom is 0.262 e. The van der Waals surface area contributed by atoms with Gasteiger partial charge in [-0.1, -0.05) is 18.2 Å². The molecule has 0 aliphatic carbocycles. The number of furan rings is 1. The number of nitriles is 1. The zero-order valence-electron chi connectivity index (χ0n) is 15.9. The van der Waals surface area contributed by atoms with E-state index < -0.39 is 5.91 Å². The van der Waals surface area contributed by atoms with Crippen LogP contribution in [0.25, 0.3) is 11.8 Å². The fourth-order valence-corrected chi connectivity index (χ4v) is 3.69. The first-order valence-electron chi connectivity index (χ1n) is 9.36. The molecule has 0 radical (unpaired) electrons. The fraction of sp³-hybridized carbons (Fsp3) is 0.250. The smallest absolute Gasteiger partial charge is 0.262 e. The Bertz CT molecular complexity index is 1080. The monoisotopic (exact) mass is 422 g/mol. The molecule has 30 heavy (non-hydrogen) atoms. The third kappa shape index (κ3) is 4.76. The summed E-state index contributed by atoms with van der Waals surface area (Å²) in [5, 5.41) is 24.9. The molecule has 152 valence electrons. The van der Waals surface area contributed by atoms with Crippen molar-refractivity contribution < 1.29 is 13.9 Å². The molecule has 9 nitrogen and oxygen atoms in total. The third-order valence-corrected chi connectivity index (χ3v) is 5.26. The molecule has 1 aliphatic rings. The van der Waals surface area contributed by atoms with Gasteiger partial charge in [0.2, 0.25) is 5.16 Å². The summed E-state index contributed by atoms with van der Waals surface area (Å²) in [6.07, 6.45) is 3.32. The molecule has 1 aromatic carbocycles. The van der Waals surface area contributed by atoms with Crippen molar-refractivity contribution >= 4 is 23.7 Å². The SMILES string of the molecule is N#CC(=Cc1ccc(Sc2nnnn2-c2ccccc2)o1)C(=O)NCC1CCCO1. The summed E-state index contributed by atoms with van der Waals surface area (Å²) in [7, 11) is 0. The Balaban J connectivity index is 1.43. The van der Waals surface area contributed by atoms with Crippen molar-refractivity contribution in [2.45, 2.75) is 29.2 Å². The van der Waals surface area contributed by atoms with Gasteiger partial charge in [-0.3, -0.25) is 4.79 Å². The second-order valence-corrected chi connectivity index (χ2v) is 7.45. The zero-order chi connectivity index (χ0) is 20.8.